The zero-order chi connectivity index (χ0) is 17.0. The molecule has 124 valence electrons. The number of amides is 1. The van der Waals surface area contributed by atoms with Crippen molar-refractivity contribution in [3.05, 3.63) is 53.1 Å². The van der Waals surface area contributed by atoms with Crippen LogP contribution in [0, 0.1) is 5.82 Å². The highest BCUT2D eigenvalue weighted by Crippen LogP contribution is 2.19. The van der Waals surface area contributed by atoms with Gasteiger partial charge in [0.05, 0.1) is 17.4 Å². The van der Waals surface area contributed by atoms with Gasteiger partial charge in [0, 0.05) is 19.3 Å². The highest BCUT2D eigenvalue weighted by molar-refractivity contribution is 5.95. The molecule has 0 fully saturated rings. The monoisotopic (exact) mass is 319 g/mol. The van der Waals surface area contributed by atoms with E-state index in [2.05, 4.69) is 10.4 Å². The summed E-state index contributed by atoms with van der Waals surface area (Å²) in [5.74, 6) is -0.542. The first kappa shape index (κ1) is 17.1. The van der Waals surface area contributed by atoms with Crippen LogP contribution in [0.1, 0.15) is 48.0 Å². The molecule has 0 aliphatic heterocycles. The SMILES string of the molecule is CCc1nn(C)cc1C(=O)NC(C)CC(O)c1ccc(F)cc1. The third-order valence-electron chi connectivity index (χ3n) is 3.69. The van der Waals surface area contributed by atoms with Crippen molar-refractivity contribution >= 4 is 5.91 Å². The molecule has 6 heteroatoms. The van der Waals surface area contributed by atoms with Gasteiger partial charge in [0.25, 0.3) is 5.91 Å². The van der Waals surface area contributed by atoms with Gasteiger partial charge in [-0.15, -0.1) is 0 Å². The topological polar surface area (TPSA) is 67.2 Å². The Hall–Kier alpha value is -2.21. The minimum absolute atomic E-state index is 0.200. The molecule has 0 radical (unpaired) electrons. The number of aryl methyl sites for hydroxylation is 2. The number of benzene rings is 1. The quantitative estimate of drug-likeness (QED) is 0.859. The van der Waals surface area contributed by atoms with E-state index in [1.165, 1.54) is 12.1 Å². The van der Waals surface area contributed by atoms with Crippen LogP contribution in [-0.2, 0) is 13.5 Å². The number of nitrogens with zero attached hydrogens (tertiary/aromatic N) is 2. The van der Waals surface area contributed by atoms with Crippen LogP contribution in [0.2, 0.25) is 0 Å². The summed E-state index contributed by atoms with van der Waals surface area (Å²) in [5, 5.41) is 17.3. The van der Waals surface area contributed by atoms with E-state index in [1.54, 1.807) is 30.1 Å². The number of aromatic nitrogens is 2. The van der Waals surface area contributed by atoms with Crippen LogP contribution in [0.5, 0.6) is 0 Å². The Bertz CT molecular complexity index is 667. The number of aliphatic hydroxyl groups is 1. The predicted octanol–water partition coefficient (Wildman–Crippen LogP) is 2.36. The Kier molecular flexibility index (Phi) is 5.50. The molecule has 5 nitrogen and oxygen atoms in total. The summed E-state index contributed by atoms with van der Waals surface area (Å²) in [7, 11) is 1.78. The average molecular weight is 319 g/mol. The zero-order valence-corrected chi connectivity index (χ0v) is 13.6. The lowest BCUT2D eigenvalue weighted by atomic mass is 10.0. The Labute approximate surface area is 135 Å². The second-order valence-electron chi connectivity index (χ2n) is 5.69. The average Bonchev–Trinajstić information content (AvgIpc) is 2.89. The van der Waals surface area contributed by atoms with Gasteiger partial charge in [0.1, 0.15) is 5.82 Å². The minimum atomic E-state index is -0.759. The van der Waals surface area contributed by atoms with Crippen LogP contribution >= 0.6 is 0 Å². The molecular formula is C17H22FN3O2. The van der Waals surface area contributed by atoms with Crippen LogP contribution in [0.25, 0.3) is 0 Å². The molecule has 2 atom stereocenters. The summed E-state index contributed by atoms with van der Waals surface area (Å²) in [4.78, 5) is 12.3. The number of carbonyl (C=O) groups excluding carboxylic acids is 1. The van der Waals surface area contributed by atoms with E-state index in [4.69, 9.17) is 0 Å². The zero-order valence-electron chi connectivity index (χ0n) is 13.6. The van der Waals surface area contributed by atoms with Crippen LogP contribution in [0.3, 0.4) is 0 Å². The summed E-state index contributed by atoms with van der Waals surface area (Å²) in [6, 6.07) is 5.48. The van der Waals surface area contributed by atoms with Crippen molar-refractivity contribution < 1.29 is 14.3 Å². The van der Waals surface area contributed by atoms with Gasteiger partial charge in [-0.25, -0.2) is 4.39 Å². The van der Waals surface area contributed by atoms with Gasteiger partial charge in [-0.05, 0) is 37.5 Å². The van der Waals surface area contributed by atoms with Crippen LogP contribution < -0.4 is 5.32 Å². The summed E-state index contributed by atoms with van der Waals surface area (Å²) in [5.41, 5.74) is 1.93. The van der Waals surface area contributed by atoms with Crippen molar-refractivity contribution in [3.63, 3.8) is 0 Å². The maximum Gasteiger partial charge on any atom is 0.254 e. The van der Waals surface area contributed by atoms with E-state index >= 15 is 0 Å². The third kappa shape index (κ3) is 4.39. The van der Waals surface area contributed by atoms with Crippen molar-refractivity contribution in [3.8, 4) is 0 Å². The van der Waals surface area contributed by atoms with Gasteiger partial charge in [-0.3, -0.25) is 9.48 Å². The molecule has 1 aromatic heterocycles. The first-order valence-corrected chi connectivity index (χ1v) is 7.67. The Morgan fingerprint density at radius 2 is 2.04 bits per heavy atom. The molecule has 0 saturated carbocycles. The fraction of sp³-hybridized carbons (Fsp3) is 0.412. The molecule has 2 unspecified atom stereocenters. The van der Waals surface area contributed by atoms with Gasteiger partial charge >= 0.3 is 0 Å². The van der Waals surface area contributed by atoms with Crippen molar-refractivity contribution in [2.24, 2.45) is 7.05 Å². The van der Waals surface area contributed by atoms with Gasteiger partial charge in [-0.2, -0.15) is 5.10 Å². The van der Waals surface area contributed by atoms with Crippen molar-refractivity contribution in [2.75, 3.05) is 0 Å². The van der Waals surface area contributed by atoms with Crippen LogP contribution in [0.4, 0.5) is 4.39 Å². The lowest BCUT2D eigenvalue weighted by Crippen LogP contribution is -2.34. The number of rotatable bonds is 6. The van der Waals surface area contributed by atoms with Gasteiger partial charge in [-0.1, -0.05) is 19.1 Å². The number of carbonyl (C=O) groups is 1. The highest BCUT2D eigenvalue weighted by atomic mass is 19.1. The molecule has 0 spiro atoms. The Balaban J connectivity index is 1.97. The van der Waals surface area contributed by atoms with Crippen LogP contribution in [0.15, 0.2) is 30.5 Å². The second kappa shape index (κ2) is 7.37. The van der Waals surface area contributed by atoms with Crippen molar-refractivity contribution in [1.29, 1.82) is 0 Å². The molecule has 0 aliphatic rings. The number of aliphatic hydroxyl groups excluding tert-OH is 1. The van der Waals surface area contributed by atoms with E-state index in [1.807, 2.05) is 13.8 Å². The molecule has 2 aromatic rings. The van der Waals surface area contributed by atoms with Gasteiger partial charge in [0.2, 0.25) is 0 Å². The second-order valence-corrected chi connectivity index (χ2v) is 5.69. The Morgan fingerprint density at radius 3 is 2.65 bits per heavy atom. The molecule has 1 amide bonds. The lowest BCUT2D eigenvalue weighted by Gasteiger charge is -2.18. The summed E-state index contributed by atoms with van der Waals surface area (Å²) < 4.78 is 14.5. The highest BCUT2D eigenvalue weighted by Gasteiger charge is 2.18. The van der Waals surface area contributed by atoms with Crippen molar-refractivity contribution in [1.82, 2.24) is 15.1 Å². The van der Waals surface area contributed by atoms with E-state index in [9.17, 15) is 14.3 Å². The van der Waals surface area contributed by atoms with Crippen molar-refractivity contribution in [2.45, 2.75) is 38.8 Å². The van der Waals surface area contributed by atoms with Gasteiger partial charge in [0.15, 0.2) is 0 Å². The molecule has 2 N–H and O–H groups in total. The van der Waals surface area contributed by atoms with Gasteiger partial charge < -0.3 is 10.4 Å². The number of nitrogens with one attached hydrogen (secondary N) is 1. The predicted molar refractivity (Wildman–Crippen MR) is 85.5 cm³/mol. The number of hydrogen-bond donors (Lipinski definition) is 2. The molecular weight excluding hydrogens is 297 g/mol. The van der Waals surface area contributed by atoms with E-state index in [-0.39, 0.29) is 17.8 Å². The maximum absolute atomic E-state index is 12.9. The summed E-state index contributed by atoms with van der Waals surface area (Å²) >= 11 is 0. The smallest absolute Gasteiger partial charge is 0.254 e. The standard InChI is InChI=1S/C17H22FN3O2/c1-4-15-14(10-21(3)20-15)17(23)19-11(2)9-16(22)12-5-7-13(18)8-6-12/h5-8,10-11,16,22H,4,9H2,1-3H3,(H,19,23). The minimum Gasteiger partial charge on any atom is -0.388 e. The van der Waals surface area contributed by atoms with Crippen LogP contribution in [-0.4, -0.2) is 26.8 Å². The van der Waals surface area contributed by atoms with E-state index < -0.39 is 6.10 Å². The van der Waals surface area contributed by atoms with E-state index in [0.29, 0.717) is 24.0 Å². The first-order valence-electron chi connectivity index (χ1n) is 7.67. The molecule has 1 heterocycles. The molecule has 2 rings (SSSR count). The third-order valence-corrected chi connectivity index (χ3v) is 3.69. The van der Waals surface area contributed by atoms with E-state index in [0.717, 1.165) is 5.69 Å². The maximum atomic E-state index is 12.9. The fourth-order valence-corrected chi connectivity index (χ4v) is 2.50. The molecule has 1 aromatic carbocycles. The molecule has 0 bridgehead atoms. The fourth-order valence-electron chi connectivity index (χ4n) is 2.50. The Morgan fingerprint density at radius 1 is 1.39 bits per heavy atom. The summed E-state index contributed by atoms with van der Waals surface area (Å²) in [6.45, 7) is 3.77. The normalized spacial score (nSPS) is 13.6. The number of hydrogen-bond acceptors (Lipinski definition) is 3. The largest absolute Gasteiger partial charge is 0.388 e. The lowest BCUT2D eigenvalue weighted by molar-refractivity contribution is 0.0916. The first-order chi connectivity index (χ1) is 10.9. The molecule has 23 heavy (non-hydrogen) atoms. The molecule has 0 aliphatic carbocycles. The molecule has 0 saturated heterocycles. The number of halogens is 1. The summed E-state index contributed by atoms with van der Waals surface area (Å²) in [6.07, 6.45) is 1.96.